The largest absolute Gasteiger partial charge is 0.468 e. The van der Waals surface area contributed by atoms with Crippen LogP contribution in [0.15, 0.2) is 40.8 Å². The lowest BCUT2D eigenvalue weighted by Gasteiger charge is -2.18. The van der Waals surface area contributed by atoms with Gasteiger partial charge in [0, 0.05) is 31.4 Å². The van der Waals surface area contributed by atoms with Gasteiger partial charge in [0.25, 0.3) is 11.9 Å². The van der Waals surface area contributed by atoms with Crippen molar-refractivity contribution in [3.63, 3.8) is 0 Å². The average molecular weight is 318 g/mol. The first-order valence-electron chi connectivity index (χ1n) is 7.58. The van der Waals surface area contributed by atoms with Crippen molar-refractivity contribution in [1.29, 1.82) is 0 Å². The second kappa shape index (κ2) is 6.73. The summed E-state index contributed by atoms with van der Waals surface area (Å²) in [5.74, 6) is 0.453. The number of anilines is 1. The Kier molecular flexibility index (Phi) is 4.50. The number of nitrogens with zero attached hydrogens (tertiary/aromatic N) is 1. The molecule has 0 radical (unpaired) electrons. The molecule has 1 atom stereocenters. The molecule has 0 saturated carbocycles. The van der Waals surface area contributed by atoms with Crippen molar-refractivity contribution in [2.75, 3.05) is 31.6 Å². The second-order valence-electron chi connectivity index (χ2n) is 5.61. The highest BCUT2D eigenvalue weighted by Crippen LogP contribution is 2.23. The van der Waals surface area contributed by atoms with Gasteiger partial charge >= 0.3 is 0 Å². The van der Waals surface area contributed by atoms with Gasteiger partial charge in [0.2, 0.25) is 0 Å². The van der Waals surface area contributed by atoms with Crippen molar-refractivity contribution in [2.24, 2.45) is 5.92 Å². The van der Waals surface area contributed by atoms with E-state index in [-0.39, 0.29) is 17.5 Å². The monoisotopic (exact) mass is 318 g/mol. The van der Waals surface area contributed by atoms with Crippen LogP contribution in [0.5, 0.6) is 5.95 Å². The molecule has 1 aromatic carbocycles. The molecular formula is C17H19FN2O3. The minimum atomic E-state index is -0.242. The van der Waals surface area contributed by atoms with Gasteiger partial charge in [0.05, 0.1) is 7.11 Å². The number of rotatable bonds is 5. The molecule has 3 rings (SSSR count). The van der Waals surface area contributed by atoms with E-state index in [0.717, 1.165) is 25.2 Å². The molecule has 1 N–H and O–H groups in total. The molecule has 1 aliphatic heterocycles. The van der Waals surface area contributed by atoms with Crippen LogP contribution in [0, 0.1) is 11.7 Å². The standard InChI is InChI=1S/C17H19FN2O3/c1-22-16-7-6-15(23-16)17(21)19-10-12-8-9-20(11-12)14-4-2-13(18)3-5-14/h2-7,12H,8-11H2,1H3,(H,19,21)/t12-/m1/s1. The van der Waals surface area contributed by atoms with Crippen molar-refractivity contribution in [1.82, 2.24) is 5.32 Å². The third-order valence-corrected chi connectivity index (χ3v) is 4.04. The highest BCUT2D eigenvalue weighted by atomic mass is 19.1. The fraction of sp³-hybridized carbons (Fsp3) is 0.353. The number of carbonyl (C=O) groups excluding carboxylic acids is 1. The lowest BCUT2D eigenvalue weighted by molar-refractivity contribution is 0.0914. The maximum atomic E-state index is 13.0. The number of furan rings is 1. The van der Waals surface area contributed by atoms with Crippen LogP contribution in [0.25, 0.3) is 0 Å². The predicted molar refractivity (Wildman–Crippen MR) is 84.3 cm³/mol. The molecule has 0 aliphatic carbocycles. The normalized spacial score (nSPS) is 17.3. The highest BCUT2D eigenvalue weighted by molar-refractivity contribution is 5.91. The van der Waals surface area contributed by atoms with Gasteiger partial charge in [0.15, 0.2) is 5.76 Å². The van der Waals surface area contributed by atoms with Gasteiger partial charge in [-0.1, -0.05) is 0 Å². The number of methoxy groups -OCH3 is 1. The van der Waals surface area contributed by atoms with E-state index in [0.29, 0.717) is 18.4 Å². The number of hydrogen-bond donors (Lipinski definition) is 1. The van der Waals surface area contributed by atoms with E-state index in [9.17, 15) is 9.18 Å². The molecular weight excluding hydrogens is 299 g/mol. The zero-order valence-electron chi connectivity index (χ0n) is 12.9. The first-order valence-corrected chi connectivity index (χ1v) is 7.58. The molecule has 5 nitrogen and oxygen atoms in total. The maximum absolute atomic E-state index is 13.0. The number of amides is 1. The third kappa shape index (κ3) is 3.64. The molecule has 0 spiro atoms. The van der Waals surface area contributed by atoms with E-state index in [1.54, 1.807) is 24.3 Å². The van der Waals surface area contributed by atoms with Crippen LogP contribution in [0.3, 0.4) is 0 Å². The molecule has 1 fully saturated rings. The molecule has 0 unspecified atom stereocenters. The maximum Gasteiger partial charge on any atom is 0.287 e. The van der Waals surface area contributed by atoms with Crippen molar-refractivity contribution in [2.45, 2.75) is 6.42 Å². The second-order valence-corrected chi connectivity index (χ2v) is 5.61. The van der Waals surface area contributed by atoms with Gasteiger partial charge in [-0.3, -0.25) is 4.79 Å². The van der Waals surface area contributed by atoms with E-state index >= 15 is 0 Å². The Hall–Kier alpha value is -2.50. The molecule has 1 aliphatic rings. The van der Waals surface area contributed by atoms with Crippen molar-refractivity contribution >= 4 is 11.6 Å². The number of halogens is 1. The zero-order chi connectivity index (χ0) is 16.2. The van der Waals surface area contributed by atoms with Crippen LogP contribution < -0.4 is 15.0 Å². The van der Waals surface area contributed by atoms with Crippen LogP contribution in [0.2, 0.25) is 0 Å². The summed E-state index contributed by atoms with van der Waals surface area (Å²) in [6.07, 6.45) is 0.985. The fourth-order valence-corrected chi connectivity index (χ4v) is 2.76. The van der Waals surface area contributed by atoms with E-state index in [1.807, 2.05) is 0 Å². The van der Waals surface area contributed by atoms with E-state index in [2.05, 4.69) is 10.2 Å². The summed E-state index contributed by atoms with van der Waals surface area (Å²) in [6.45, 7) is 2.33. The summed E-state index contributed by atoms with van der Waals surface area (Å²) in [6, 6.07) is 9.70. The quantitative estimate of drug-likeness (QED) is 0.921. The first kappa shape index (κ1) is 15.4. The van der Waals surface area contributed by atoms with Gasteiger partial charge in [0.1, 0.15) is 5.82 Å². The van der Waals surface area contributed by atoms with Gasteiger partial charge in [-0.25, -0.2) is 4.39 Å². The van der Waals surface area contributed by atoms with Gasteiger partial charge in [-0.2, -0.15) is 0 Å². The SMILES string of the molecule is COc1ccc(C(=O)NC[C@H]2CCN(c3ccc(F)cc3)C2)o1. The molecule has 2 aromatic rings. The third-order valence-electron chi connectivity index (χ3n) is 4.04. The average Bonchev–Trinajstić information content (AvgIpc) is 3.22. The summed E-state index contributed by atoms with van der Waals surface area (Å²) < 4.78 is 23.1. The molecule has 23 heavy (non-hydrogen) atoms. The van der Waals surface area contributed by atoms with Gasteiger partial charge in [-0.15, -0.1) is 0 Å². The van der Waals surface area contributed by atoms with Crippen molar-refractivity contribution in [3.8, 4) is 5.95 Å². The molecule has 6 heteroatoms. The Morgan fingerprint density at radius 3 is 2.83 bits per heavy atom. The predicted octanol–water partition coefficient (Wildman–Crippen LogP) is 2.68. The van der Waals surface area contributed by atoms with Crippen LogP contribution in [-0.2, 0) is 0 Å². The van der Waals surface area contributed by atoms with Crippen LogP contribution in [0.4, 0.5) is 10.1 Å². The zero-order valence-corrected chi connectivity index (χ0v) is 12.9. The number of ether oxygens (including phenoxy) is 1. The number of carbonyl (C=O) groups is 1. The Morgan fingerprint density at radius 2 is 2.13 bits per heavy atom. The highest BCUT2D eigenvalue weighted by Gasteiger charge is 2.23. The Labute approximate surface area is 134 Å². The van der Waals surface area contributed by atoms with Gasteiger partial charge < -0.3 is 19.4 Å². The van der Waals surface area contributed by atoms with E-state index < -0.39 is 0 Å². The molecule has 1 aromatic heterocycles. The number of benzene rings is 1. The molecule has 122 valence electrons. The van der Waals surface area contributed by atoms with Crippen molar-refractivity contribution < 1.29 is 18.3 Å². The van der Waals surface area contributed by atoms with Crippen molar-refractivity contribution in [3.05, 3.63) is 48.0 Å². The summed E-state index contributed by atoms with van der Waals surface area (Å²) in [5, 5.41) is 2.88. The summed E-state index contributed by atoms with van der Waals surface area (Å²) in [5.41, 5.74) is 1.01. The Balaban J connectivity index is 1.50. The number of hydrogen-bond acceptors (Lipinski definition) is 4. The topological polar surface area (TPSA) is 54.7 Å². The lowest BCUT2D eigenvalue weighted by atomic mass is 10.1. The molecule has 1 amide bonds. The minimum Gasteiger partial charge on any atom is -0.468 e. The van der Waals surface area contributed by atoms with Gasteiger partial charge in [-0.05, 0) is 42.7 Å². The Morgan fingerprint density at radius 1 is 1.35 bits per heavy atom. The Bertz CT molecular complexity index is 669. The van der Waals surface area contributed by atoms with Crippen LogP contribution in [-0.4, -0.2) is 32.7 Å². The number of nitrogens with one attached hydrogen (secondary N) is 1. The molecule has 0 bridgehead atoms. The smallest absolute Gasteiger partial charge is 0.287 e. The van der Waals surface area contributed by atoms with E-state index in [4.69, 9.17) is 9.15 Å². The first-order chi connectivity index (χ1) is 11.2. The van der Waals surface area contributed by atoms with E-state index in [1.165, 1.54) is 19.2 Å². The lowest BCUT2D eigenvalue weighted by Crippen LogP contribution is -2.30. The fourth-order valence-electron chi connectivity index (χ4n) is 2.76. The van der Waals surface area contributed by atoms with Crippen LogP contribution >= 0.6 is 0 Å². The summed E-state index contributed by atoms with van der Waals surface area (Å²) in [7, 11) is 1.49. The minimum absolute atomic E-state index is 0.231. The van der Waals surface area contributed by atoms with Crippen LogP contribution in [0.1, 0.15) is 17.0 Å². The molecule has 2 heterocycles. The summed E-state index contributed by atoms with van der Waals surface area (Å²) >= 11 is 0. The summed E-state index contributed by atoms with van der Waals surface area (Å²) in [4.78, 5) is 14.2. The molecule has 1 saturated heterocycles.